The van der Waals surface area contributed by atoms with Crippen LogP contribution in [0.25, 0.3) is 11.3 Å². The average molecular weight is 260 g/mol. The second-order valence-corrected chi connectivity index (χ2v) is 5.62. The Bertz CT molecular complexity index is 595. The van der Waals surface area contributed by atoms with Crippen molar-refractivity contribution in [1.82, 2.24) is 4.98 Å². The van der Waals surface area contributed by atoms with Gasteiger partial charge in [0.2, 0.25) is 0 Å². The van der Waals surface area contributed by atoms with E-state index in [1.165, 1.54) is 0 Å². The lowest BCUT2D eigenvalue weighted by molar-refractivity contribution is 0.397. The molecule has 0 aliphatic heterocycles. The van der Waals surface area contributed by atoms with E-state index in [4.69, 9.17) is 14.9 Å². The van der Waals surface area contributed by atoms with Gasteiger partial charge in [0, 0.05) is 11.1 Å². The summed E-state index contributed by atoms with van der Waals surface area (Å²) in [5, 5.41) is 0. The van der Waals surface area contributed by atoms with Crippen LogP contribution in [0.15, 0.2) is 22.6 Å². The summed E-state index contributed by atoms with van der Waals surface area (Å²) in [6.45, 7) is 8.32. The molecule has 2 aromatic rings. The van der Waals surface area contributed by atoms with Gasteiger partial charge in [0.1, 0.15) is 17.2 Å². The molecule has 1 aromatic carbocycles. The van der Waals surface area contributed by atoms with Crippen molar-refractivity contribution in [2.45, 2.75) is 33.1 Å². The van der Waals surface area contributed by atoms with Crippen molar-refractivity contribution in [2.24, 2.45) is 0 Å². The Hall–Kier alpha value is -1.97. The van der Waals surface area contributed by atoms with E-state index >= 15 is 0 Å². The molecule has 0 radical (unpaired) electrons. The number of oxazole rings is 1. The first-order valence-corrected chi connectivity index (χ1v) is 6.24. The van der Waals surface area contributed by atoms with Crippen LogP contribution in [0.4, 0.5) is 6.01 Å². The van der Waals surface area contributed by atoms with Gasteiger partial charge in [0.15, 0.2) is 0 Å². The van der Waals surface area contributed by atoms with Gasteiger partial charge >= 0.3 is 0 Å². The van der Waals surface area contributed by atoms with Gasteiger partial charge in [-0.2, -0.15) is 4.98 Å². The van der Waals surface area contributed by atoms with Crippen molar-refractivity contribution in [3.05, 3.63) is 29.5 Å². The van der Waals surface area contributed by atoms with Crippen molar-refractivity contribution in [3.63, 3.8) is 0 Å². The second-order valence-electron chi connectivity index (χ2n) is 5.62. The highest BCUT2D eigenvalue weighted by atomic mass is 16.5. The zero-order valence-corrected chi connectivity index (χ0v) is 12.1. The molecule has 0 atom stereocenters. The highest BCUT2D eigenvalue weighted by molar-refractivity contribution is 5.65. The van der Waals surface area contributed by atoms with Crippen LogP contribution in [0.5, 0.6) is 5.75 Å². The number of methoxy groups -OCH3 is 1. The number of benzene rings is 1. The van der Waals surface area contributed by atoms with Crippen LogP contribution < -0.4 is 10.5 Å². The lowest BCUT2D eigenvalue weighted by Crippen LogP contribution is -2.13. The van der Waals surface area contributed by atoms with E-state index in [1.54, 1.807) is 7.11 Å². The topological polar surface area (TPSA) is 61.3 Å². The summed E-state index contributed by atoms with van der Waals surface area (Å²) in [6.07, 6.45) is 0. The quantitative estimate of drug-likeness (QED) is 0.897. The van der Waals surface area contributed by atoms with Gasteiger partial charge in [0.05, 0.1) is 7.11 Å². The van der Waals surface area contributed by atoms with Crippen molar-refractivity contribution >= 4 is 6.01 Å². The molecule has 19 heavy (non-hydrogen) atoms. The molecule has 1 aromatic heterocycles. The molecule has 0 aliphatic carbocycles. The number of aromatic nitrogens is 1. The Morgan fingerprint density at radius 1 is 1.26 bits per heavy atom. The predicted molar refractivity (Wildman–Crippen MR) is 76.3 cm³/mol. The van der Waals surface area contributed by atoms with Crippen LogP contribution in [0.2, 0.25) is 0 Å². The van der Waals surface area contributed by atoms with Gasteiger partial charge in [-0.15, -0.1) is 0 Å². The molecular formula is C15H20N2O2. The lowest BCUT2D eigenvalue weighted by atomic mass is 9.85. The molecule has 4 heteroatoms. The maximum atomic E-state index is 5.59. The molecule has 0 saturated heterocycles. The van der Waals surface area contributed by atoms with Crippen LogP contribution in [0, 0.1) is 6.92 Å². The summed E-state index contributed by atoms with van der Waals surface area (Å²) < 4.78 is 10.7. The van der Waals surface area contributed by atoms with E-state index in [0.717, 1.165) is 28.3 Å². The fraction of sp³-hybridized carbons (Fsp3) is 0.400. The van der Waals surface area contributed by atoms with Crippen LogP contribution in [0.3, 0.4) is 0 Å². The Balaban J connectivity index is 2.58. The highest BCUT2D eigenvalue weighted by Gasteiger charge is 2.21. The smallest absolute Gasteiger partial charge is 0.292 e. The van der Waals surface area contributed by atoms with Gasteiger partial charge in [-0.25, -0.2) is 0 Å². The summed E-state index contributed by atoms with van der Waals surface area (Å²) in [5.41, 5.74) is 8.49. The Labute approximate surface area is 113 Å². The zero-order valence-electron chi connectivity index (χ0n) is 12.1. The van der Waals surface area contributed by atoms with Gasteiger partial charge in [-0.05, 0) is 30.5 Å². The van der Waals surface area contributed by atoms with E-state index in [1.807, 2.05) is 19.1 Å². The van der Waals surface area contributed by atoms with E-state index in [-0.39, 0.29) is 11.4 Å². The van der Waals surface area contributed by atoms with Crippen LogP contribution in [0.1, 0.15) is 32.1 Å². The number of nitrogens with zero attached hydrogens (tertiary/aromatic N) is 1. The standard InChI is InChI=1S/C15H20N2O2/c1-9-13(17-14(16)19-9)10-6-7-12(18-5)11(8-10)15(2,3)4/h6-8H,1-5H3,(H2,16,17). The fourth-order valence-corrected chi connectivity index (χ4v) is 2.13. The van der Waals surface area contributed by atoms with Gasteiger partial charge in [-0.3, -0.25) is 0 Å². The monoisotopic (exact) mass is 260 g/mol. The summed E-state index contributed by atoms with van der Waals surface area (Å²) >= 11 is 0. The Morgan fingerprint density at radius 3 is 2.42 bits per heavy atom. The third-order valence-corrected chi connectivity index (χ3v) is 3.09. The molecule has 1 heterocycles. The molecule has 0 unspecified atom stereocenters. The third kappa shape index (κ3) is 2.57. The first kappa shape index (κ1) is 13.5. The van der Waals surface area contributed by atoms with E-state index in [0.29, 0.717) is 0 Å². The fourth-order valence-electron chi connectivity index (χ4n) is 2.13. The molecule has 2 rings (SSSR count). The Morgan fingerprint density at radius 2 is 1.95 bits per heavy atom. The molecule has 0 bridgehead atoms. The van der Waals surface area contributed by atoms with Crippen molar-refractivity contribution in [1.29, 1.82) is 0 Å². The minimum atomic E-state index is -0.00939. The molecule has 0 amide bonds. The van der Waals surface area contributed by atoms with E-state index in [9.17, 15) is 0 Å². The number of aryl methyl sites for hydroxylation is 1. The minimum absolute atomic E-state index is 0.00939. The van der Waals surface area contributed by atoms with E-state index < -0.39 is 0 Å². The maximum Gasteiger partial charge on any atom is 0.292 e. The van der Waals surface area contributed by atoms with Gasteiger partial charge in [0.25, 0.3) is 6.01 Å². The van der Waals surface area contributed by atoms with E-state index in [2.05, 4.69) is 31.8 Å². The summed E-state index contributed by atoms with van der Waals surface area (Å²) in [6, 6.07) is 6.21. The molecule has 102 valence electrons. The number of nitrogens with two attached hydrogens (primary N) is 1. The average Bonchev–Trinajstić information content (AvgIpc) is 2.66. The maximum absolute atomic E-state index is 5.59. The third-order valence-electron chi connectivity index (χ3n) is 3.09. The molecule has 0 fully saturated rings. The molecule has 0 aliphatic rings. The molecule has 2 N–H and O–H groups in total. The summed E-state index contributed by atoms with van der Waals surface area (Å²) in [7, 11) is 1.68. The second kappa shape index (κ2) is 4.61. The first-order valence-electron chi connectivity index (χ1n) is 6.24. The zero-order chi connectivity index (χ0) is 14.2. The summed E-state index contributed by atoms with van der Waals surface area (Å²) in [5.74, 6) is 1.60. The van der Waals surface area contributed by atoms with Crippen molar-refractivity contribution < 1.29 is 9.15 Å². The molecule has 4 nitrogen and oxygen atoms in total. The first-order chi connectivity index (χ1) is 8.82. The number of ether oxygens (including phenoxy) is 1. The van der Waals surface area contributed by atoms with Crippen LogP contribution >= 0.6 is 0 Å². The van der Waals surface area contributed by atoms with Crippen molar-refractivity contribution in [3.8, 4) is 17.0 Å². The number of hydrogen-bond acceptors (Lipinski definition) is 4. The lowest BCUT2D eigenvalue weighted by Gasteiger charge is -2.22. The number of hydrogen-bond donors (Lipinski definition) is 1. The SMILES string of the molecule is COc1ccc(-c2nc(N)oc2C)cc1C(C)(C)C. The molecular weight excluding hydrogens is 240 g/mol. The normalized spacial score (nSPS) is 11.6. The number of anilines is 1. The molecule has 0 saturated carbocycles. The minimum Gasteiger partial charge on any atom is -0.496 e. The Kier molecular flexibility index (Phi) is 3.27. The van der Waals surface area contributed by atoms with Crippen LogP contribution in [-0.2, 0) is 5.41 Å². The number of nitrogen functional groups attached to an aromatic ring is 1. The highest BCUT2D eigenvalue weighted by Crippen LogP contribution is 2.35. The largest absolute Gasteiger partial charge is 0.496 e. The van der Waals surface area contributed by atoms with Crippen molar-refractivity contribution in [2.75, 3.05) is 12.8 Å². The summed E-state index contributed by atoms with van der Waals surface area (Å²) in [4.78, 5) is 4.23. The van der Waals surface area contributed by atoms with Crippen LogP contribution in [-0.4, -0.2) is 12.1 Å². The van der Waals surface area contributed by atoms with Gasteiger partial charge < -0.3 is 14.9 Å². The number of rotatable bonds is 2. The van der Waals surface area contributed by atoms with Gasteiger partial charge in [-0.1, -0.05) is 20.8 Å². The molecule has 0 spiro atoms. The predicted octanol–water partition coefficient (Wildman–Crippen LogP) is 3.54.